The molecular weight excluding hydrogens is 158 g/mol. The SMILES string of the molecule is C=Cc1cncc2c(C)cccc12. The van der Waals surface area contributed by atoms with Crippen molar-refractivity contribution in [2.45, 2.75) is 6.92 Å². The number of aromatic nitrogens is 1. The van der Waals surface area contributed by atoms with Crippen LogP contribution in [0.15, 0.2) is 37.2 Å². The summed E-state index contributed by atoms with van der Waals surface area (Å²) in [6.45, 7) is 5.86. The first kappa shape index (κ1) is 7.99. The second-order valence-electron chi connectivity index (χ2n) is 3.10. The van der Waals surface area contributed by atoms with Crippen LogP contribution in [-0.2, 0) is 0 Å². The molecule has 0 aliphatic heterocycles. The Morgan fingerprint density at radius 1 is 1.23 bits per heavy atom. The van der Waals surface area contributed by atoms with E-state index in [1.165, 1.54) is 16.3 Å². The maximum Gasteiger partial charge on any atom is 0.0349 e. The second-order valence-corrected chi connectivity index (χ2v) is 3.10. The van der Waals surface area contributed by atoms with Gasteiger partial charge in [-0.05, 0) is 17.9 Å². The number of benzene rings is 1. The van der Waals surface area contributed by atoms with Crippen LogP contribution in [0.5, 0.6) is 0 Å². The standard InChI is InChI=1S/C12H11N/c1-3-10-7-13-8-12-9(2)5-4-6-11(10)12/h3-8H,1H2,2H3. The third kappa shape index (κ3) is 1.22. The van der Waals surface area contributed by atoms with Gasteiger partial charge in [-0.15, -0.1) is 0 Å². The summed E-state index contributed by atoms with van der Waals surface area (Å²) >= 11 is 0. The highest BCUT2D eigenvalue weighted by Crippen LogP contribution is 2.20. The van der Waals surface area contributed by atoms with E-state index < -0.39 is 0 Å². The zero-order valence-corrected chi connectivity index (χ0v) is 7.62. The van der Waals surface area contributed by atoms with Gasteiger partial charge in [0.25, 0.3) is 0 Å². The molecule has 64 valence electrons. The fraction of sp³-hybridized carbons (Fsp3) is 0.0833. The Bertz CT molecular complexity index is 458. The molecule has 2 aromatic rings. The number of hydrogen-bond donors (Lipinski definition) is 0. The van der Waals surface area contributed by atoms with Crippen molar-refractivity contribution >= 4 is 16.8 Å². The second kappa shape index (κ2) is 3.02. The molecule has 1 nitrogen and oxygen atoms in total. The molecule has 1 heterocycles. The van der Waals surface area contributed by atoms with Crippen molar-refractivity contribution in [1.29, 1.82) is 0 Å². The van der Waals surface area contributed by atoms with E-state index in [0.29, 0.717) is 0 Å². The van der Waals surface area contributed by atoms with Gasteiger partial charge in [0.15, 0.2) is 0 Å². The number of pyridine rings is 1. The first-order valence-corrected chi connectivity index (χ1v) is 4.28. The average Bonchev–Trinajstić information content (AvgIpc) is 2.18. The van der Waals surface area contributed by atoms with Crippen molar-refractivity contribution in [3.05, 3.63) is 48.3 Å². The third-order valence-electron chi connectivity index (χ3n) is 2.27. The fourth-order valence-corrected chi connectivity index (χ4v) is 1.53. The molecule has 0 aliphatic carbocycles. The van der Waals surface area contributed by atoms with Crippen molar-refractivity contribution in [3.8, 4) is 0 Å². The lowest BCUT2D eigenvalue weighted by Gasteiger charge is -2.03. The predicted molar refractivity (Wildman–Crippen MR) is 56.6 cm³/mol. The maximum atomic E-state index is 4.17. The van der Waals surface area contributed by atoms with Crippen molar-refractivity contribution in [2.24, 2.45) is 0 Å². The van der Waals surface area contributed by atoms with Gasteiger partial charge in [0, 0.05) is 23.3 Å². The van der Waals surface area contributed by atoms with E-state index in [1.54, 1.807) is 0 Å². The molecule has 13 heavy (non-hydrogen) atoms. The van der Waals surface area contributed by atoms with E-state index >= 15 is 0 Å². The highest BCUT2D eigenvalue weighted by molar-refractivity contribution is 5.91. The Morgan fingerprint density at radius 2 is 2.08 bits per heavy atom. The summed E-state index contributed by atoms with van der Waals surface area (Å²) < 4.78 is 0. The van der Waals surface area contributed by atoms with Crippen LogP contribution in [0.4, 0.5) is 0 Å². The summed E-state index contributed by atoms with van der Waals surface area (Å²) in [7, 11) is 0. The fourth-order valence-electron chi connectivity index (χ4n) is 1.53. The molecule has 2 rings (SSSR count). The molecule has 1 heteroatoms. The normalized spacial score (nSPS) is 10.2. The van der Waals surface area contributed by atoms with Gasteiger partial charge in [0.1, 0.15) is 0 Å². The monoisotopic (exact) mass is 169 g/mol. The summed E-state index contributed by atoms with van der Waals surface area (Å²) in [6, 6.07) is 6.25. The molecule has 0 saturated heterocycles. The molecule has 0 N–H and O–H groups in total. The molecule has 0 atom stereocenters. The highest BCUT2D eigenvalue weighted by Gasteiger charge is 1.99. The predicted octanol–water partition coefficient (Wildman–Crippen LogP) is 3.19. The van der Waals surface area contributed by atoms with Crippen LogP contribution >= 0.6 is 0 Å². The quantitative estimate of drug-likeness (QED) is 0.638. The van der Waals surface area contributed by atoms with E-state index in [2.05, 4.69) is 36.7 Å². The number of hydrogen-bond acceptors (Lipinski definition) is 1. The molecule has 0 radical (unpaired) electrons. The van der Waals surface area contributed by atoms with Crippen LogP contribution in [-0.4, -0.2) is 4.98 Å². The van der Waals surface area contributed by atoms with Crippen LogP contribution in [0.3, 0.4) is 0 Å². The van der Waals surface area contributed by atoms with Gasteiger partial charge in [-0.1, -0.05) is 30.9 Å². The lowest BCUT2D eigenvalue weighted by Crippen LogP contribution is -1.83. The zero-order chi connectivity index (χ0) is 9.26. The first-order valence-electron chi connectivity index (χ1n) is 4.28. The molecule has 0 amide bonds. The maximum absolute atomic E-state index is 4.17. The third-order valence-corrected chi connectivity index (χ3v) is 2.27. The number of aryl methyl sites for hydroxylation is 1. The van der Waals surface area contributed by atoms with Crippen LogP contribution in [0.25, 0.3) is 16.8 Å². The van der Waals surface area contributed by atoms with Crippen LogP contribution in [0, 0.1) is 6.92 Å². The van der Waals surface area contributed by atoms with Gasteiger partial charge in [0.05, 0.1) is 0 Å². The first-order chi connectivity index (χ1) is 6.33. The van der Waals surface area contributed by atoms with Crippen molar-refractivity contribution in [3.63, 3.8) is 0 Å². The molecule has 1 aromatic carbocycles. The molecule has 0 fully saturated rings. The van der Waals surface area contributed by atoms with E-state index in [4.69, 9.17) is 0 Å². The molecular formula is C12H11N. The molecule has 1 aromatic heterocycles. The lowest BCUT2D eigenvalue weighted by atomic mass is 10.0. The van der Waals surface area contributed by atoms with E-state index in [-0.39, 0.29) is 0 Å². The van der Waals surface area contributed by atoms with Crippen LogP contribution in [0.1, 0.15) is 11.1 Å². The number of rotatable bonds is 1. The minimum absolute atomic E-state index is 1.10. The minimum atomic E-state index is 1.10. The lowest BCUT2D eigenvalue weighted by molar-refractivity contribution is 1.34. The Morgan fingerprint density at radius 3 is 2.85 bits per heavy atom. The number of nitrogens with zero attached hydrogens (tertiary/aromatic N) is 1. The van der Waals surface area contributed by atoms with Crippen molar-refractivity contribution in [2.75, 3.05) is 0 Å². The van der Waals surface area contributed by atoms with Crippen molar-refractivity contribution < 1.29 is 0 Å². The zero-order valence-electron chi connectivity index (χ0n) is 7.62. The number of fused-ring (bicyclic) bond motifs is 1. The highest BCUT2D eigenvalue weighted by atomic mass is 14.6. The van der Waals surface area contributed by atoms with Gasteiger partial charge >= 0.3 is 0 Å². The van der Waals surface area contributed by atoms with Gasteiger partial charge in [0.2, 0.25) is 0 Å². The van der Waals surface area contributed by atoms with Gasteiger partial charge in [-0.2, -0.15) is 0 Å². The Kier molecular flexibility index (Phi) is 1.85. The summed E-state index contributed by atoms with van der Waals surface area (Å²) in [5.74, 6) is 0. The van der Waals surface area contributed by atoms with E-state index in [0.717, 1.165) is 5.56 Å². The average molecular weight is 169 g/mol. The summed E-state index contributed by atoms with van der Waals surface area (Å²) in [6.07, 6.45) is 5.58. The molecule has 0 spiro atoms. The van der Waals surface area contributed by atoms with Gasteiger partial charge < -0.3 is 0 Å². The largest absolute Gasteiger partial charge is 0.263 e. The summed E-state index contributed by atoms with van der Waals surface area (Å²) in [5, 5.41) is 2.44. The molecule has 0 saturated carbocycles. The molecule has 0 aliphatic rings. The van der Waals surface area contributed by atoms with Gasteiger partial charge in [-0.25, -0.2) is 0 Å². The van der Waals surface area contributed by atoms with E-state index in [1.807, 2.05) is 18.5 Å². The Balaban J connectivity index is 2.92. The summed E-state index contributed by atoms with van der Waals surface area (Å²) in [4.78, 5) is 4.17. The van der Waals surface area contributed by atoms with Crippen molar-refractivity contribution in [1.82, 2.24) is 4.98 Å². The topological polar surface area (TPSA) is 12.9 Å². The van der Waals surface area contributed by atoms with Crippen LogP contribution < -0.4 is 0 Å². The minimum Gasteiger partial charge on any atom is -0.263 e. The van der Waals surface area contributed by atoms with Crippen LogP contribution in [0.2, 0.25) is 0 Å². The smallest absolute Gasteiger partial charge is 0.0349 e. The molecule has 0 unspecified atom stereocenters. The Hall–Kier alpha value is -1.63. The Labute approximate surface area is 77.7 Å². The van der Waals surface area contributed by atoms with E-state index in [9.17, 15) is 0 Å². The molecule has 0 bridgehead atoms. The van der Waals surface area contributed by atoms with Gasteiger partial charge in [-0.3, -0.25) is 4.98 Å². The summed E-state index contributed by atoms with van der Waals surface area (Å²) in [5.41, 5.74) is 2.36.